The number of rotatable bonds is 5. The topological polar surface area (TPSA) is 69.6 Å². The van der Waals surface area contributed by atoms with Crippen molar-refractivity contribution < 1.29 is 14.7 Å². The minimum absolute atomic E-state index is 0.0347. The molecule has 0 aromatic heterocycles. The molecule has 1 saturated heterocycles. The molecule has 1 heterocycles. The van der Waals surface area contributed by atoms with E-state index in [4.69, 9.17) is 5.11 Å². The number of aliphatic carboxylic acids is 1. The van der Waals surface area contributed by atoms with Crippen molar-refractivity contribution in [1.29, 1.82) is 0 Å². The molecular formula is C12H22N2O3. The molecule has 2 atom stereocenters. The quantitative estimate of drug-likeness (QED) is 0.744. The molecule has 0 spiro atoms. The molecule has 1 aliphatic heterocycles. The summed E-state index contributed by atoms with van der Waals surface area (Å²) in [7, 11) is 0. The summed E-state index contributed by atoms with van der Waals surface area (Å²) in [5.74, 6) is -0.931. The van der Waals surface area contributed by atoms with Crippen LogP contribution in [0.4, 0.5) is 0 Å². The molecule has 0 saturated carbocycles. The Morgan fingerprint density at radius 1 is 1.47 bits per heavy atom. The van der Waals surface area contributed by atoms with E-state index in [1.165, 1.54) is 0 Å². The van der Waals surface area contributed by atoms with E-state index in [9.17, 15) is 9.59 Å². The van der Waals surface area contributed by atoms with Gasteiger partial charge in [-0.3, -0.25) is 14.5 Å². The summed E-state index contributed by atoms with van der Waals surface area (Å²) >= 11 is 0. The van der Waals surface area contributed by atoms with E-state index in [2.05, 4.69) is 10.2 Å². The zero-order chi connectivity index (χ0) is 12.8. The lowest BCUT2D eigenvalue weighted by Gasteiger charge is -2.35. The molecule has 0 aromatic rings. The lowest BCUT2D eigenvalue weighted by molar-refractivity contribution is -0.144. The molecule has 1 fully saturated rings. The summed E-state index contributed by atoms with van der Waals surface area (Å²) in [5, 5.41) is 11.8. The van der Waals surface area contributed by atoms with Crippen LogP contribution in [-0.2, 0) is 9.59 Å². The number of carbonyl (C=O) groups excluding carboxylic acids is 1. The molecule has 0 bridgehead atoms. The third-order valence-corrected chi connectivity index (χ3v) is 3.28. The fourth-order valence-corrected chi connectivity index (χ4v) is 2.18. The number of nitrogens with zero attached hydrogens (tertiary/aromatic N) is 1. The van der Waals surface area contributed by atoms with E-state index in [-0.39, 0.29) is 17.9 Å². The maximum absolute atomic E-state index is 11.6. The number of nitrogens with one attached hydrogen (secondary N) is 1. The minimum Gasteiger partial charge on any atom is -0.481 e. The van der Waals surface area contributed by atoms with Crippen LogP contribution in [0.2, 0.25) is 0 Å². The molecule has 2 N–H and O–H groups in total. The molecule has 1 amide bonds. The lowest BCUT2D eigenvalue weighted by Crippen LogP contribution is -2.47. The summed E-state index contributed by atoms with van der Waals surface area (Å²) in [5.41, 5.74) is 0. The molecule has 0 aliphatic carbocycles. The Kier molecular flexibility index (Phi) is 5.41. The van der Waals surface area contributed by atoms with E-state index in [0.717, 1.165) is 6.42 Å². The van der Waals surface area contributed by atoms with Crippen molar-refractivity contribution in [3.8, 4) is 0 Å². The highest BCUT2D eigenvalue weighted by atomic mass is 16.4. The third-order valence-electron chi connectivity index (χ3n) is 3.28. The van der Waals surface area contributed by atoms with Crippen molar-refractivity contribution >= 4 is 11.9 Å². The minimum atomic E-state index is -0.716. The van der Waals surface area contributed by atoms with Gasteiger partial charge in [0.15, 0.2) is 0 Å². The highest BCUT2D eigenvalue weighted by Gasteiger charge is 2.30. The van der Waals surface area contributed by atoms with Gasteiger partial charge >= 0.3 is 5.97 Å². The van der Waals surface area contributed by atoms with Crippen LogP contribution >= 0.6 is 0 Å². The summed E-state index contributed by atoms with van der Waals surface area (Å²) in [6, 6.07) is 0.164. The molecule has 2 unspecified atom stereocenters. The predicted octanol–water partition coefficient (Wildman–Crippen LogP) is 0.698. The van der Waals surface area contributed by atoms with Gasteiger partial charge in [0.25, 0.3) is 0 Å². The Balaban J connectivity index is 2.36. The van der Waals surface area contributed by atoms with Crippen molar-refractivity contribution in [1.82, 2.24) is 10.2 Å². The number of hydrogen-bond acceptors (Lipinski definition) is 3. The second-order valence-electron chi connectivity index (χ2n) is 4.73. The summed E-state index contributed by atoms with van der Waals surface area (Å²) in [6.07, 6.45) is 2.21. The lowest BCUT2D eigenvalue weighted by atomic mass is 9.92. The van der Waals surface area contributed by atoms with E-state index in [1.54, 1.807) is 0 Å². The predicted molar refractivity (Wildman–Crippen MR) is 64.7 cm³/mol. The van der Waals surface area contributed by atoms with Gasteiger partial charge in [-0.25, -0.2) is 0 Å². The zero-order valence-electron chi connectivity index (χ0n) is 10.6. The number of hydrogen-bond donors (Lipinski definition) is 2. The summed E-state index contributed by atoms with van der Waals surface area (Å²) in [4.78, 5) is 24.5. The van der Waals surface area contributed by atoms with Gasteiger partial charge in [0.05, 0.1) is 12.5 Å². The van der Waals surface area contributed by atoms with Crippen molar-refractivity contribution in [3.05, 3.63) is 0 Å². The monoisotopic (exact) mass is 242 g/mol. The van der Waals surface area contributed by atoms with Crippen molar-refractivity contribution in [2.24, 2.45) is 5.92 Å². The first-order chi connectivity index (χ1) is 8.04. The summed E-state index contributed by atoms with van der Waals surface area (Å²) < 4.78 is 0. The molecule has 98 valence electrons. The summed E-state index contributed by atoms with van der Waals surface area (Å²) in [6.45, 7) is 5.79. The Morgan fingerprint density at radius 3 is 2.71 bits per heavy atom. The van der Waals surface area contributed by atoms with Crippen LogP contribution in [-0.4, -0.2) is 47.6 Å². The molecule has 1 aliphatic rings. The van der Waals surface area contributed by atoms with E-state index in [0.29, 0.717) is 32.5 Å². The molecule has 5 nitrogen and oxygen atoms in total. The van der Waals surface area contributed by atoms with Crippen LogP contribution < -0.4 is 5.32 Å². The van der Waals surface area contributed by atoms with Gasteiger partial charge in [0.2, 0.25) is 5.91 Å². The fraction of sp³-hybridized carbons (Fsp3) is 0.833. The van der Waals surface area contributed by atoms with Gasteiger partial charge in [-0.15, -0.1) is 0 Å². The number of likely N-dealkylation sites (tertiary alicyclic amines) is 1. The van der Waals surface area contributed by atoms with E-state index >= 15 is 0 Å². The number of carboxylic acids is 1. The highest BCUT2D eigenvalue weighted by Crippen LogP contribution is 2.22. The Bertz CT molecular complexity index is 281. The second-order valence-corrected chi connectivity index (χ2v) is 4.73. The first-order valence-electron chi connectivity index (χ1n) is 6.28. The molecule has 0 aromatic carbocycles. The van der Waals surface area contributed by atoms with Gasteiger partial charge in [-0.2, -0.15) is 0 Å². The Labute approximate surface area is 102 Å². The van der Waals surface area contributed by atoms with Gasteiger partial charge in [0, 0.05) is 12.6 Å². The maximum atomic E-state index is 11.6. The van der Waals surface area contributed by atoms with Gasteiger partial charge < -0.3 is 10.4 Å². The molecule has 5 heteroatoms. The smallest absolute Gasteiger partial charge is 0.306 e. The number of carbonyl (C=O) groups is 2. The van der Waals surface area contributed by atoms with Crippen molar-refractivity contribution in [2.45, 2.75) is 39.2 Å². The normalized spacial score (nSPS) is 25.5. The number of amides is 1. The first-order valence-corrected chi connectivity index (χ1v) is 6.28. The molecular weight excluding hydrogens is 220 g/mol. The Hall–Kier alpha value is -1.10. The molecule has 1 rings (SSSR count). The zero-order valence-corrected chi connectivity index (χ0v) is 10.6. The van der Waals surface area contributed by atoms with E-state index in [1.807, 2.05) is 13.8 Å². The average Bonchev–Trinajstić information content (AvgIpc) is 2.28. The Morgan fingerprint density at radius 2 is 2.18 bits per heavy atom. The van der Waals surface area contributed by atoms with Crippen LogP contribution in [0, 0.1) is 5.92 Å². The molecule has 17 heavy (non-hydrogen) atoms. The maximum Gasteiger partial charge on any atom is 0.306 e. The number of carboxylic acid groups (broad SMARTS) is 1. The van der Waals surface area contributed by atoms with Gasteiger partial charge in [-0.1, -0.05) is 6.92 Å². The standard InChI is InChI=1S/C12H22N2O3/c1-3-5-13-11(15)8-14-6-4-10(12(16)17)7-9(14)2/h9-10H,3-8H2,1-2H3,(H,13,15)(H,16,17). The van der Waals surface area contributed by atoms with Crippen molar-refractivity contribution in [3.63, 3.8) is 0 Å². The largest absolute Gasteiger partial charge is 0.481 e. The molecule has 0 radical (unpaired) electrons. The van der Waals surface area contributed by atoms with Crippen LogP contribution in [0.15, 0.2) is 0 Å². The van der Waals surface area contributed by atoms with Crippen LogP contribution in [0.5, 0.6) is 0 Å². The van der Waals surface area contributed by atoms with Gasteiger partial charge in [-0.05, 0) is 32.7 Å². The average molecular weight is 242 g/mol. The number of piperidine rings is 1. The van der Waals surface area contributed by atoms with Crippen molar-refractivity contribution in [2.75, 3.05) is 19.6 Å². The first kappa shape index (κ1) is 14.0. The van der Waals surface area contributed by atoms with Crippen LogP contribution in [0.3, 0.4) is 0 Å². The van der Waals surface area contributed by atoms with Crippen LogP contribution in [0.25, 0.3) is 0 Å². The van der Waals surface area contributed by atoms with Crippen LogP contribution in [0.1, 0.15) is 33.1 Å². The second kappa shape index (κ2) is 6.59. The highest BCUT2D eigenvalue weighted by molar-refractivity contribution is 5.78. The van der Waals surface area contributed by atoms with Gasteiger partial charge in [0.1, 0.15) is 0 Å². The third kappa shape index (κ3) is 4.34. The fourth-order valence-electron chi connectivity index (χ4n) is 2.18. The SMILES string of the molecule is CCCNC(=O)CN1CCC(C(=O)O)CC1C. The van der Waals surface area contributed by atoms with E-state index < -0.39 is 5.97 Å².